The van der Waals surface area contributed by atoms with Gasteiger partial charge in [-0.1, -0.05) is 0 Å². The van der Waals surface area contributed by atoms with Crippen LogP contribution in [0.25, 0.3) is 0 Å². The van der Waals surface area contributed by atoms with Crippen molar-refractivity contribution in [2.75, 3.05) is 7.11 Å². The van der Waals surface area contributed by atoms with E-state index in [1.807, 2.05) is 0 Å². The summed E-state index contributed by atoms with van der Waals surface area (Å²) in [6.45, 7) is 0. The number of methoxy groups -OCH3 is 1. The maximum Gasteiger partial charge on any atom is 0.306 e. The van der Waals surface area contributed by atoms with Gasteiger partial charge in [-0.2, -0.15) is 0 Å². The summed E-state index contributed by atoms with van der Waals surface area (Å²) < 4.78 is 5.03. The Bertz CT molecular complexity index is 133. The number of ether oxygens (including phenoxy) is 1. The first-order chi connectivity index (χ1) is 4.74. The van der Waals surface area contributed by atoms with Gasteiger partial charge < -0.3 is 9.84 Å². The van der Waals surface area contributed by atoms with Crippen LogP contribution in [0.2, 0.25) is 0 Å². The summed E-state index contributed by atoms with van der Waals surface area (Å²) >= 11 is 0. The van der Waals surface area contributed by atoms with Gasteiger partial charge in [0.1, 0.15) is 0 Å². The van der Waals surface area contributed by atoms with E-state index < -0.39 is 5.97 Å². The Labute approximate surface area is 60.0 Å². The molecule has 0 unspecified atom stereocenters. The molecule has 0 radical (unpaired) electrons. The molecule has 0 heterocycles. The second kappa shape index (κ2) is 3.01. The van der Waals surface area contributed by atoms with Crippen molar-refractivity contribution in [3.05, 3.63) is 0 Å². The van der Waals surface area contributed by atoms with Crippen LogP contribution in [0, 0.1) is 5.92 Å². The molecule has 0 aliphatic heterocycles. The minimum absolute atomic E-state index is 0.162. The molecule has 3 heteroatoms. The molecular weight excluding hydrogens is 132 g/mol. The van der Waals surface area contributed by atoms with Crippen molar-refractivity contribution < 1.29 is 14.6 Å². The predicted octanol–water partition coefficient (Wildman–Crippen LogP) is 0.886. The Morgan fingerprint density at radius 3 is 2.60 bits per heavy atom. The minimum atomic E-state index is -0.681. The lowest BCUT2D eigenvalue weighted by molar-refractivity contribution is -0.141. The molecule has 0 amide bonds. The maximum atomic E-state index is 10.4. The summed E-state index contributed by atoms with van der Waals surface area (Å²) in [5.74, 6) is -0.843. The Balaban J connectivity index is 2.35. The zero-order chi connectivity index (χ0) is 7.56. The first kappa shape index (κ1) is 7.54. The number of aliphatic carboxylic acids is 1. The molecule has 1 aliphatic rings. The van der Waals surface area contributed by atoms with E-state index in [2.05, 4.69) is 0 Å². The van der Waals surface area contributed by atoms with E-state index in [9.17, 15) is 4.79 Å². The van der Waals surface area contributed by atoms with Crippen LogP contribution < -0.4 is 0 Å². The first-order valence-electron chi connectivity index (χ1n) is 3.49. The lowest BCUT2D eigenvalue weighted by Gasteiger charge is -2.04. The van der Waals surface area contributed by atoms with Gasteiger partial charge in [0.2, 0.25) is 0 Å². The highest BCUT2D eigenvalue weighted by Gasteiger charge is 2.29. The SMILES string of the molecule is CO[C@@H]1CC[C@@H](C(=O)O)C1. The summed E-state index contributed by atoms with van der Waals surface area (Å²) in [5.41, 5.74) is 0. The van der Waals surface area contributed by atoms with Crippen molar-refractivity contribution in [3.8, 4) is 0 Å². The van der Waals surface area contributed by atoms with Gasteiger partial charge >= 0.3 is 5.97 Å². The van der Waals surface area contributed by atoms with Gasteiger partial charge in [0, 0.05) is 7.11 Å². The van der Waals surface area contributed by atoms with Crippen LogP contribution in [0.15, 0.2) is 0 Å². The maximum absolute atomic E-state index is 10.4. The monoisotopic (exact) mass is 144 g/mol. The quantitative estimate of drug-likeness (QED) is 0.626. The van der Waals surface area contributed by atoms with Gasteiger partial charge in [-0.3, -0.25) is 4.79 Å². The summed E-state index contributed by atoms with van der Waals surface area (Å²) in [4.78, 5) is 10.4. The van der Waals surface area contributed by atoms with E-state index in [1.165, 1.54) is 0 Å². The largest absolute Gasteiger partial charge is 0.481 e. The Morgan fingerprint density at radius 1 is 1.60 bits per heavy atom. The topological polar surface area (TPSA) is 46.5 Å². The molecule has 1 fully saturated rings. The van der Waals surface area contributed by atoms with Crippen molar-refractivity contribution in [2.24, 2.45) is 5.92 Å². The Kier molecular flexibility index (Phi) is 2.27. The average molecular weight is 144 g/mol. The zero-order valence-electron chi connectivity index (χ0n) is 6.04. The van der Waals surface area contributed by atoms with Crippen molar-refractivity contribution in [3.63, 3.8) is 0 Å². The molecule has 1 rings (SSSR count). The molecule has 58 valence electrons. The second-order valence-electron chi connectivity index (χ2n) is 2.71. The van der Waals surface area contributed by atoms with Crippen LogP contribution in [0.1, 0.15) is 19.3 Å². The third-order valence-corrected chi connectivity index (χ3v) is 2.07. The number of carbonyl (C=O) groups is 1. The second-order valence-corrected chi connectivity index (χ2v) is 2.71. The molecule has 10 heavy (non-hydrogen) atoms. The molecular formula is C7H12O3. The molecule has 2 atom stereocenters. The summed E-state index contributed by atoms with van der Waals surface area (Å²) in [6, 6.07) is 0. The van der Waals surface area contributed by atoms with Crippen LogP contribution in [0.5, 0.6) is 0 Å². The Hall–Kier alpha value is -0.570. The molecule has 3 nitrogen and oxygen atoms in total. The number of rotatable bonds is 2. The lowest BCUT2D eigenvalue weighted by Crippen LogP contribution is -2.11. The highest BCUT2D eigenvalue weighted by molar-refractivity contribution is 5.70. The summed E-state index contributed by atoms with van der Waals surface area (Å²) in [7, 11) is 1.63. The molecule has 1 saturated carbocycles. The molecule has 0 aromatic carbocycles. The third kappa shape index (κ3) is 1.48. The van der Waals surface area contributed by atoms with Crippen molar-refractivity contribution >= 4 is 5.97 Å². The van der Waals surface area contributed by atoms with E-state index in [4.69, 9.17) is 9.84 Å². The average Bonchev–Trinajstić information content (AvgIpc) is 2.34. The van der Waals surface area contributed by atoms with Gasteiger partial charge in [-0.05, 0) is 19.3 Å². The molecule has 1 N–H and O–H groups in total. The van der Waals surface area contributed by atoms with Gasteiger partial charge in [-0.25, -0.2) is 0 Å². The fraction of sp³-hybridized carbons (Fsp3) is 0.857. The number of carboxylic acid groups (broad SMARTS) is 1. The smallest absolute Gasteiger partial charge is 0.306 e. The molecule has 0 spiro atoms. The lowest BCUT2D eigenvalue weighted by atomic mass is 10.1. The molecule has 0 aromatic heterocycles. The van der Waals surface area contributed by atoms with Gasteiger partial charge in [0.15, 0.2) is 0 Å². The van der Waals surface area contributed by atoms with E-state index in [0.717, 1.165) is 12.8 Å². The minimum Gasteiger partial charge on any atom is -0.481 e. The van der Waals surface area contributed by atoms with Crippen LogP contribution in [0.3, 0.4) is 0 Å². The highest BCUT2D eigenvalue weighted by Crippen LogP contribution is 2.27. The Morgan fingerprint density at radius 2 is 2.30 bits per heavy atom. The fourth-order valence-electron chi connectivity index (χ4n) is 1.38. The third-order valence-electron chi connectivity index (χ3n) is 2.07. The standard InChI is InChI=1S/C7H12O3/c1-10-6-3-2-5(4-6)7(8)9/h5-6H,2-4H2,1H3,(H,8,9)/t5-,6-/m1/s1. The normalized spacial score (nSPS) is 32.5. The molecule has 1 aliphatic carbocycles. The zero-order valence-corrected chi connectivity index (χ0v) is 6.04. The van der Waals surface area contributed by atoms with Gasteiger partial charge in [-0.15, -0.1) is 0 Å². The van der Waals surface area contributed by atoms with Crippen molar-refractivity contribution in [2.45, 2.75) is 25.4 Å². The van der Waals surface area contributed by atoms with Gasteiger partial charge in [0.25, 0.3) is 0 Å². The van der Waals surface area contributed by atoms with Crippen molar-refractivity contribution in [1.82, 2.24) is 0 Å². The summed E-state index contributed by atoms with van der Waals surface area (Å²) in [6.07, 6.45) is 2.54. The number of hydrogen-bond acceptors (Lipinski definition) is 2. The highest BCUT2D eigenvalue weighted by atomic mass is 16.5. The fourth-order valence-corrected chi connectivity index (χ4v) is 1.38. The van der Waals surface area contributed by atoms with Crippen LogP contribution in [-0.2, 0) is 9.53 Å². The van der Waals surface area contributed by atoms with Crippen LogP contribution in [-0.4, -0.2) is 24.3 Å². The van der Waals surface area contributed by atoms with Crippen LogP contribution in [0.4, 0.5) is 0 Å². The van der Waals surface area contributed by atoms with E-state index in [0.29, 0.717) is 6.42 Å². The molecule has 0 aromatic rings. The van der Waals surface area contributed by atoms with E-state index >= 15 is 0 Å². The van der Waals surface area contributed by atoms with Gasteiger partial charge in [0.05, 0.1) is 12.0 Å². The molecule has 0 saturated heterocycles. The summed E-state index contributed by atoms with van der Waals surface area (Å²) in [5, 5.41) is 8.57. The first-order valence-corrected chi connectivity index (χ1v) is 3.49. The van der Waals surface area contributed by atoms with E-state index in [1.54, 1.807) is 7.11 Å². The van der Waals surface area contributed by atoms with Crippen LogP contribution >= 0.6 is 0 Å². The predicted molar refractivity (Wildman–Crippen MR) is 35.8 cm³/mol. The number of hydrogen-bond donors (Lipinski definition) is 1. The van der Waals surface area contributed by atoms with Crippen molar-refractivity contribution in [1.29, 1.82) is 0 Å². The number of carboxylic acids is 1. The molecule has 0 bridgehead atoms. The van der Waals surface area contributed by atoms with E-state index in [-0.39, 0.29) is 12.0 Å².